The van der Waals surface area contributed by atoms with Crippen LogP contribution in [0.4, 0.5) is 0 Å². The highest BCUT2D eigenvalue weighted by Crippen LogP contribution is 2.22. The van der Waals surface area contributed by atoms with Gasteiger partial charge in [-0.1, -0.05) is 12.1 Å². The molecule has 7 nitrogen and oxygen atoms in total. The van der Waals surface area contributed by atoms with Crippen molar-refractivity contribution >= 4 is 51.3 Å². The maximum Gasteiger partial charge on any atom is 0.240 e. The SMILES string of the molecule is CCNC(=NCc1ccc(S(=O)(=O)NC2CC2)cc1)NCCc1nc(C)c(C)s1.I. The Morgan fingerprint density at radius 2 is 1.90 bits per heavy atom. The van der Waals surface area contributed by atoms with Crippen molar-refractivity contribution in [3.63, 3.8) is 0 Å². The molecule has 1 aliphatic rings. The minimum absolute atomic E-state index is 0. The Balaban J connectivity index is 0.00000320. The Bertz CT molecular complexity index is 935. The monoisotopic (exact) mass is 563 g/mol. The number of halogens is 1. The fourth-order valence-electron chi connectivity index (χ4n) is 2.71. The largest absolute Gasteiger partial charge is 0.357 e. The van der Waals surface area contributed by atoms with Crippen LogP contribution in [0.2, 0.25) is 0 Å². The van der Waals surface area contributed by atoms with Gasteiger partial charge in [0.25, 0.3) is 0 Å². The number of hydrogen-bond donors (Lipinski definition) is 3. The van der Waals surface area contributed by atoms with Gasteiger partial charge in [-0.25, -0.2) is 23.1 Å². The maximum absolute atomic E-state index is 12.2. The van der Waals surface area contributed by atoms with Crippen molar-refractivity contribution in [3.05, 3.63) is 45.4 Å². The van der Waals surface area contributed by atoms with E-state index in [0.29, 0.717) is 11.4 Å². The summed E-state index contributed by atoms with van der Waals surface area (Å²) in [7, 11) is -3.41. The van der Waals surface area contributed by atoms with Crippen molar-refractivity contribution in [2.75, 3.05) is 13.1 Å². The second-order valence-corrected chi connectivity index (χ2v) is 10.2. The van der Waals surface area contributed by atoms with E-state index in [0.717, 1.165) is 54.6 Å². The molecule has 0 radical (unpaired) electrons. The Morgan fingerprint density at radius 3 is 2.47 bits per heavy atom. The molecule has 3 rings (SSSR count). The van der Waals surface area contributed by atoms with E-state index in [1.54, 1.807) is 23.5 Å². The van der Waals surface area contributed by atoms with Gasteiger partial charge >= 0.3 is 0 Å². The molecule has 0 unspecified atom stereocenters. The molecule has 30 heavy (non-hydrogen) atoms. The number of aromatic nitrogens is 1. The summed E-state index contributed by atoms with van der Waals surface area (Å²) in [5, 5.41) is 7.69. The first-order valence-corrected chi connectivity index (χ1v) is 12.2. The highest BCUT2D eigenvalue weighted by atomic mass is 127. The summed E-state index contributed by atoms with van der Waals surface area (Å²) in [6, 6.07) is 7.02. The minimum Gasteiger partial charge on any atom is -0.357 e. The van der Waals surface area contributed by atoms with E-state index in [2.05, 4.69) is 32.3 Å². The van der Waals surface area contributed by atoms with Gasteiger partial charge in [-0.15, -0.1) is 35.3 Å². The Labute approximate surface area is 200 Å². The molecule has 1 fully saturated rings. The molecule has 2 aromatic rings. The topological polar surface area (TPSA) is 95.5 Å². The first-order chi connectivity index (χ1) is 13.9. The van der Waals surface area contributed by atoms with Crippen LogP contribution in [0.3, 0.4) is 0 Å². The van der Waals surface area contributed by atoms with Crippen molar-refractivity contribution in [2.24, 2.45) is 4.99 Å². The van der Waals surface area contributed by atoms with Gasteiger partial charge in [0, 0.05) is 30.4 Å². The van der Waals surface area contributed by atoms with E-state index in [-0.39, 0.29) is 30.0 Å². The van der Waals surface area contributed by atoms with E-state index in [1.807, 2.05) is 26.0 Å². The van der Waals surface area contributed by atoms with Crippen LogP contribution in [-0.4, -0.2) is 38.5 Å². The number of benzene rings is 1. The fraction of sp³-hybridized carbons (Fsp3) is 0.500. The molecule has 0 atom stereocenters. The molecule has 1 aromatic heterocycles. The van der Waals surface area contributed by atoms with Crippen LogP contribution in [0, 0.1) is 13.8 Å². The van der Waals surface area contributed by atoms with Gasteiger partial charge in [0.05, 0.1) is 22.1 Å². The van der Waals surface area contributed by atoms with Crippen molar-refractivity contribution in [2.45, 2.75) is 57.5 Å². The lowest BCUT2D eigenvalue weighted by Gasteiger charge is -2.11. The second kappa shape index (κ2) is 11.4. The van der Waals surface area contributed by atoms with E-state index in [9.17, 15) is 8.42 Å². The number of hydrogen-bond acceptors (Lipinski definition) is 5. The fourth-order valence-corrected chi connectivity index (χ4v) is 4.95. The van der Waals surface area contributed by atoms with E-state index in [4.69, 9.17) is 0 Å². The molecule has 3 N–H and O–H groups in total. The normalized spacial score (nSPS) is 14.3. The third kappa shape index (κ3) is 7.47. The van der Waals surface area contributed by atoms with Crippen LogP contribution in [0.25, 0.3) is 0 Å². The third-order valence-corrected chi connectivity index (χ3v) is 7.27. The standard InChI is InChI=1S/C20H29N5O2S2.HI/c1-4-21-20(22-12-11-19-24-14(2)15(3)28-19)23-13-16-5-9-18(10-6-16)29(26,27)25-17-7-8-17;/h5-6,9-10,17,25H,4,7-8,11-13H2,1-3H3,(H2,21,22,23);1H. The zero-order chi connectivity index (χ0) is 20.9. The lowest BCUT2D eigenvalue weighted by Crippen LogP contribution is -2.38. The van der Waals surface area contributed by atoms with Crippen molar-refractivity contribution in [3.8, 4) is 0 Å². The Hall–Kier alpha value is -1.24. The number of sulfonamides is 1. The summed E-state index contributed by atoms with van der Waals surface area (Å²) in [6.07, 6.45) is 2.70. The lowest BCUT2D eigenvalue weighted by atomic mass is 10.2. The first-order valence-electron chi connectivity index (χ1n) is 9.93. The van der Waals surface area contributed by atoms with E-state index >= 15 is 0 Å². The zero-order valence-corrected chi connectivity index (χ0v) is 21.5. The van der Waals surface area contributed by atoms with Crippen LogP contribution >= 0.6 is 35.3 Å². The molecule has 1 heterocycles. The summed E-state index contributed by atoms with van der Waals surface area (Å²) >= 11 is 1.73. The lowest BCUT2D eigenvalue weighted by molar-refractivity contribution is 0.581. The average Bonchev–Trinajstić information content (AvgIpc) is 3.43. The van der Waals surface area contributed by atoms with Gasteiger partial charge in [0.15, 0.2) is 5.96 Å². The van der Waals surface area contributed by atoms with Gasteiger partial charge in [-0.05, 0) is 51.3 Å². The molecule has 1 aromatic carbocycles. The van der Waals surface area contributed by atoms with Crippen LogP contribution in [-0.2, 0) is 23.0 Å². The van der Waals surface area contributed by atoms with Crippen LogP contribution in [0.15, 0.2) is 34.2 Å². The van der Waals surface area contributed by atoms with Gasteiger partial charge in [0.2, 0.25) is 10.0 Å². The molecule has 10 heteroatoms. The molecule has 0 saturated heterocycles. The molecular formula is C20H30IN5O2S2. The Morgan fingerprint density at radius 1 is 1.20 bits per heavy atom. The van der Waals surface area contributed by atoms with Gasteiger partial charge in [0.1, 0.15) is 0 Å². The van der Waals surface area contributed by atoms with Crippen molar-refractivity contribution < 1.29 is 8.42 Å². The quantitative estimate of drug-likeness (QED) is 0.248. The van der Waals surface area contributed by atoms with Crippen molar-refractivity contribution in [1.29, 1.82) is 0 Å². The van der Waals surface area contributed by atoms with Gasteiger partial charge in [-0.3, -0.25) is 0 Å². The number of rotatable bonds is 9. The number of aliphatic imine (C=N–C) groups is 1. The predicted octanol–water partition coefficient (Wildman–Crippen LogP) is 3.12. The van der Waals surface area contributed by atoms with E-state index < -0.39 is 10.0 Å². The third-order valence-electron chi connectivity index (χ3n) is 4.60. The summed E-state index contributed by atoms with van der Waals surface area (Å²) in [5.41, 5.74) is 2.06. The molecule has 0 bridgehead atoms. The number of nitrogens with zero attached hydrogens (tertiary/aromatic N) is 2. The maximum atomic E-state index is 12.2. The molecule has 1 aliphatic carbocycles. The van der Waals surface area contributed by atoms with Gasteiger partial charge < -0.3 is 10.6 Å². The summed E-state index contributed by atoms with van der Waals surface area (Å²) in [4.78, 5) is 10.7. The zero-order valence-electron chi connectivity index (χ0n) is 17.6. The highest BCUT2D eigenvalue weighted by molar-refractivity contribution is 14.0. The predicted molar refractivity (Wildman–Crippen MR) is 133 cm³/mol. The second-order valence-electron chi connectivity index (χ2n) is 7.16. The molecule has 0 amide bonds. The number of aryl methyl sites for hydroxylation is 2. The molecule has 166 valence electrons. The van der Waals surface area contributed by atoms with Gasteiger partial charge in [-0.2, -0.15) is 0 Å². The molecule has 0 spiro atoms. The number of nitrogens with one attached hydrogen (secondary N) is 3. The molecule has 0 aliphatic heterocycles. The van der Waals surface area contributed by atoms with Crippen LogP contribution in [0.5, 0.6) is 0 Å². The summed E-state index contributed by atoms with van der Waals surface area (Å²) in [6.45, 7) is 8.15. The summed E-state index contributed by atoms with van der Waals surface area (Å²) < 4.78 is 27.2. The van der Waals surface area contributed by atoms with Crippen LogP contribution < -0.4 is 15.4 Å². The smallest absolute Gasteiger partial charge is 0.240 e. The number of guanidine groups is 1. The van der Waals surface area contributed by atoms with Crippen molar-refractivity contribution in [1.82, 2.24) is 20.3 Å². The van der Waals surface area contributed by atoms with E-state index in [1.165, 1.54) is 4.88 Å². The first kappa shape index (κ1) is 25.0. The minimum atomic E-state index is -3.41. The molecular weight excluding hydrogens is 533 g/mol. The Kier molecular flexibility index (Phi) is 9.51. The summed E-state index contributed by atoms with van der Waals surface area (Å²) in [5.74, 6) is 0.740. The number of thiazole rings is 1. The van der Waals surface area contributed by atoms with Crippen LogP contribution in [0.1, 0.15) is 40.9 Å². The highest BCUT2D eigenvalue weighted by Gasteiger charge is 2.27. The molecule has 1 saturated carbocycles. The average molecular weight is 564 g/mol.